The molecule has 0 rings (SSSR count). The fourth-order valence-electron chi connectivity index (χ4n) is 3.23. The van der Waals surface area contributed by atoms with Crippen LogP contribution in [0.1, 0.15) is 125 Å². The van der Waals surface area contributed by atoms with Gasteiger partial charge in [0.05, 0.1) is 0 Å². The topological polar surface area (TPSA) is 72.2 Å². The summed E-state index contributed by atoms with van der Waals surface area (Å²) in [5.41, 5.74) is 5.02. The second-order valence-corrected chi connectivity index (χ2v) is 7.62. The van der Waals surface area contributed by atoms with Crippen LogP contribution in [0, 0.1) is 0 Å². The third-order valence-electron chi connectivity index (χ3n) is 4.95. The second-order valence-electron chi connectivity index (χ2n) is 7.62. The summed E-state index contributed by atoms with van der Waals surface area (Å²) >= 11 is 0. The molecule has 0 saturated carbocycles. The maximum absolute atomic E-state index is 11.4. The summed E-state index contributed by atoms with van der Waals surface area (Å²) in [6.07, 6.45) is 22.0. The van der Waals surface area contributed by atoms with E-state index in [-0.39, 0.29) is 80.7 Å². The van der Waals surface area contributed by atoms with E-state index >= 15 is 0 Å². The fraction of sp³-hybridized carbons (Fsp3) is 0.909. The zero-order valence-electron chi connectivity index (χ0n) is 21.3. The molecule has 0 saturated heterocycles. The minimum atomic E-state index is -0.414. The van der Waals surface area contributed by atoms with Crippen LogP contribution in [0.5, 0.6) is 0 Å². The van der Waals surface area contributed by atoms with Crippen molar-refractivity contribution < 1.29 is 71.6 Å². The molecule has 3 N–H and O–H groups in total. The zero-order valence-corrected chi connectivity index (χ0v) is 23.3. The number of nitrogens with two attached hydrogens (primary N) is 1. The Bertz CT molecular complexity index is 353. The maximum Gasteiger partial charge on any atom is 1.00 e. The van der Waals surface area contributed by atoms with E-state index in [4.69, 9.17) is 5.73 Å². The van der Waals surface area contributed by atoms with Gasteiger partial charge in [0.25, 0.3) is 0 Å². The van der Waals surface area contributed by atoms with Crippen molar-refractivity contribution in [3.8, 4) is 0 Å². The molecule has 4 nitrogen and oxygen atoms in total. The maximum atomic E-state index is 11.4. The van der Waals surface area contributed by atoms with Crippen LogP contribution in [0.4, 0.5) is 0 Å². The van der Waals surface area contributed by atoms with Crippen molar-refractivity contribution in [1.29, 1.82) is 0 Å². The number of primary amides is 1. The Balaban J connectivity index is -0.000000521. The molecule has 0 heterocycles. The minimum absolute atomic E-state index is 0. The third kappa shape index (κ3) is 29.1. The van der Waals surface area contributed by atoms with Gasteiger partial charge in [-0.05, 0) is 6.42 Å². The van der Waals surface area contributed by atoms with Gasteiger partial charge in [-0.2, -0.15) is 0 Å². The normalized spacial score (nSPS) is 10.0. The van der Waals surface area contributed by atoms with Gasteiger partial charge in [0.1, 0.15) is 0 Å². The number of carbonyl (C=O) groups is 2. The Labute approximate surface area is 221 Å². The number of nitrogens with one attached hydrogen (secondary N) is 1. The van der Waals surface area contributed by atoms with E-state index in [1.165, 1.54) is 96.3 Å². The summed E-state index contributed by atoms with van der Waals surface area (Å²) in [6.45, 7) is 2.99. The van der Waals surface area contributed by atoms with Crippen LogP contribution in [0.25, 0.3) is 0 Å². The van der Waals surface area contributed by atoms with Crippen molar-refractivity contribution in [1.82, 2.24) is 5.32 Å². The first-order valence-corrected chi connectivity index (χ1v) is 11.2. The molecular formula is C22H46N2Na2O2. The van der Waals surface area contributed by atoms with Crippen molar-refractivity contribution in [2.75, 3.05) is 6.54 Å². The molecular weight excluding hydrogens is 370 g/mol. The van der Waals surface area contributed by atoms with E-state index in [9.17, 15) is 9.59 Å². The molecule has 2 amide bonds. The first-order chi connectivity index (χ1) is 12.7. The predicted molar refractivity (Wildman–Crippen MR) is 113 cm³/mol. The number of hydrogen-bond acceptors (Lipinski definition) is 2. The predicted octanol–water partition coefficient (Wildman–Crippen LogP) is -0.137. The SMILES string of the molecule is CCCCCCCCCCCCCCCCCCNC(=O)CCC(N)=O.[H-].[H-].[Na+].[Na+]. The summed E-state index contributed by atoms with van der Waals surface area (Å²) < 4.78 is 0. The molecule has 0 aromatic heterocycles. The number of hydrogen-bond donors (Lipinski definition) is 2. The average Bonchev–Trinajstić information content (AvgIpc) is 2.62. The Morgan fingerprint density at radius 1 is 0.643 bits per heavy atom. The molecule has 0 bridgehead atoms. The Morgan fingerprint density at radius 2 is 1.00 bits per heavy atom. The third-order valence-corrected chi connectivity index (χ3v) is 4.95. The largest absolute Gasteiger partial charge is 1.00 e. The van der Waals surface area contributed by atoms with Crippen LogP contribution < -0.4 is 70.2 Å². The average molecular weight is 417 g/mol. The van der Waals surface area contributed by atoms with Crippen molar-refractivity contribution in [3.05, 3.63) is 0 Å². The molecule has 158 valence electrons. The molecule has 0 aliphatic rings. The van der Waals surface area contributed by atoms with Gasteiger partial charge in [0.15, 0.2) is 0 Å². The van der Waals surface area contributed by atoms with Gasteiger partial charge in [-0.15, -0.1) is 0 Å². The van der Waals surface area contributed by atoms with Crippen LogP contribution in [0.15, 0.2) is 0 Å². The summed E-state index contributed by atoms with van der Waals surface area (Å²) in [5, 5.41) is 2.84. The molecule has 0 fully saturated rings. The van der Waals surface area contributed by atoms with Crippen LogP contribution in [-0.4, -0.2) is 18.4 Å². The van der Waals surface area contributed by atoms with Gasteiger partial charge in [-0.25, -0.2) is 0 Å². The standard InChI is InChI=1S/C22H44N2O2.2Na.2H/c1-2-3-4-5-6-7-8-9-10-11-12-13-14-15-16-17-20-24-22(26)19-18-21(23)25;;;;/h2-20H2,1H3,(H2,23,25)(H,24,26);;;;/q;2*+1;2*-1. The van der Waals surface area contributed by atoms with Gasteiger partial charge in [0, 0.05) is 19.4 Å². The summed E-state index contributed by atoms with van der Waals surface area (Å²) in [4.78, 5) is 22.0. The van der Waals surface area contributed by atoms with Gasteiger partial charge in [0.2, 0.25) is 11.8 Å². The zero-order chi connectivity index (χ0) is 19.3. The minimum Gasteiger partial charge on any atom is -1.00 e. The molecule has 0 aliphatic heterocycles. The quantitative estimate of drug-likeness (QED) is 0.214. The summed E-state index contributed by atoms with van der Waals surface area (Å²) in [7, 11) is 0. The monoisotopic (exact) mass is 416 g/mol. The van der Waals surface area contributed by atoms with Gasteiger partial charge < -0.3 is 13.9 Å². The molecule has 0 aromatic rings. The molecule has 0 spiro atoms. The molecule has 0 aliphatic carbocycles. The first-order valence-electron chi connectivity index (χ1n) is 11.2. The summed E-state index contributed by atoms with van der Waals surface area (Å²) in [5.74, 6) is -0.479. The molecule has 0 aromatic carbocycles. The Morgan fingerprint density at radius 3 is 1.36 bits per heavy atom. The van der Waals surface area contributed by atoms with Gasteiger partial charge >= 0.3 is 59.1 Å². The van der Waals surface area contributed by atoms with E-state index in [0.29, 0.717) is 0 Å². The number of rotatable bonds is 20. The first kappa shape index (κ1) is 33.6. The van der Waals surface area contributed by atoms with Gasteiger partial charge in [-0.3, -0.25) is 9.59 Å². The molecule has 6 heteroatoms. The van der Waals surface area contributed by atoms with Crippen LogP contribution >= 0.6 is 0 Å². The molecule has 0 atom stereocenters. The number of carbonyl (C=O) groups excluding carboxylic acids is 2. The van der Waals surface area contributed by atoms with Crippen LogP contribution in [0.2, 0.25) is 0 Å². The van der Waals surface area contributed by atoms with E-state index < -0.39 is 5.91 Å². The van der Waals surface area contributed by atoms with Crippen molar-refractivity contribution in [3.63, 3.8) is 0 Å². The van der Waals surface area contributed by atoms with E-state index in [0.717, 1.165) is 13.0 Å². The Hall–Kier alpha value is 0.940. The van der Waals surface area contributed by atoms with E-state index in [2.05, 4.69) is 12.2 Å². The van der Waals surface area contributed by atoms with Crippen LogP contribution in [0.3, 0.4) is 0 Å². The van der Waals surface area contributed by atoms with Crippen molar-refractivity contribution in [2.24, 2.45) is 5.73 Å². The number of unbranched alkanes of at least 4 members (excludes halogenated alkanes) is 15. The Kier molecular flexibility index (Phi) is 33.5. The van der Waals surface area contributed by atoms with Crippen LogP contribution in [-0.2, 0) is 9.59 Å². The van der Waals surface area contributed by atoms with E-state index in [1.807, 2.05) is 0 Å². The summed E-state index contributed by atoms with van der Waals surface area (Å²) in [6, 6.07) is 0. The molecule has 0 radical (unpaired) electrons. The smallest absolute Gasteiger partial charge is 1.00 e. The van der Waals surface area contributed by atoms with Gasteiger partial charge in [-0.1, -0.05) is 103 Å². The molecule has 0 unspecified atom stereocenters. The molecule has 28 heavy (non-hydrogen) atoms. The van der Waals surface area contributed by atoms with Crippen molar-refractivity contribution >= 4 is 11.8 Å². The van der Waals surface area contributed by atoms with Crippen molar-refractivity contribution in [2.45, 2.75) is 122 Å². The fourth-order valence-corrected chi connectivity index (χ4v) is 3.23. The number of amides is 2. The van der Waals surface area contributed by atoms with E-state index in [1.54, 1.807) is 0 Å². The second kappa shape index (κ2) is 27.9.